The summed E-state index contributed by atoms with van der Waals surface area (Å²) in [5, 5.41) is 8.87. The summed E-state index contributed by atoms with van der Waals surface area (Å²) in [5.74, 6) is -0.604. The lowest BCUT2D eigenvalue weighted by Crippen LogP contribution is -2.37. The van der Waals surface area contributed by atoms with Crippen molar-refractivity contribution in [3.8, 4) is 6.07 Å². The summed E-state index contributed by atoms with van der Waals surface area (Å²) < 4.78 is 13.0. The van der Waals surface area contributed by atoms with Gasteiger partial charge in [0.1, 0.15) is 11.2 Å². The van der Waals surface area contributed by atoms with Gasteiger partial charge in [0.15, 0.2) is 0 Å². The van der Waals surface area contributed by atoms with E-state index >= 15 is 0 Å². The van der Waals surface area contributed by atoms with Crippen LogP contribution in [-0.4, -0.2) is 17.9 Å². The van der Waals surface area contributed by atoms with E-state index in [0.717, 1.165) is 0 Å². The van der Waals surface area contributed by atoms with Crippen molar-refractivity contribution in [2.45, 2.75) is 20.4 Å². The van der Waals surface area contributed by atoms with Crippen molar-refractivity contribution < 1.29 is 9.18 Å². The molecule has 0 saturated heterocycles. The second-order valence-electron chi connectivity index (χ2n) is 4.53. The normalized spacial score (nSPS) is 10.8. The van der Waals surface area contributed by atoms with Crippen molar-refractivity contribution >= 4 is 5.91 Å². The highest BCUT2D eigenvalue weighted by atomic mass is 19.1. The van der Waals surface area contributed by atoms with Crippen LogP contribution in [-0.2, 0) is 11.3 Å². The Morgan fingerprint density at radius 2 is 2.18 bits per heavy atom. The average Bonchev–Trinajstić information content (AvgIpc) is 2.28. The Bertz CT molecular complexity index is 463. The van der Waals surface area contributed by atoms with Crippen LogP contribution < -0.4 is 0 Å². The number of hydrogen-bond donors (Lipinski definition) is 0. The second kappa shape index (κ2) is 4.96. The molecule has 0 bridgehead atoms. The fourth-order valence-electron chi connectivity index (χ4n) is 1.51. The molecule has 1 aromatic rings. The molecule has 0 aliphatic carbocycles. The van der Waals surface area contributed by atoms with E-state index in [1.165, 1.54) is 17.0 Å². The standard InChI is InChI=1S/C13H15FN2O/c1-13(2,9-15)12(17)16(3)8-10-5-4-6-11(14)7-10/h4-7H,8H2,1-3H3. The van der Waals surface area contributed by atoms with Gasteiger partial charge in [-0.05, 0) is 31.5 Å². The average molecular weight is 234 g/mol. The lowest BCUT2D eigenvalue weighted by molar-refractivity contribution is -0.136. The van der Waals surface area contributed by atoms with Gasteiger partial charge in [-0.1, -0.05) is 12.1 Å². The molecule has 0 aliphatic heterocycles. The third-order valence-corrected chi connectivity index (χ3v) is 2.47. The van der Waals surface area contributed by atoms with E-state index in [2.05, 4.69) is 0 Å². The molecule has 0 fully saturated rings. The van der Waals surface area contributed by atoms with Crippen molar-refractivity contribution in [3.05, 3.63) is 35.6 Å². The first-order chi connectivity index (χ1) is 7.86. The Kier molecular flexibility index (Phi) is 3.84. The summed E-state index contributed by atoms with van der Waals surface area (Å²) in [7, 11) is 1.60. The van der Waals surface area contributed by atoms with Crippen LogP contribution in [0.15, 0.2) is 24.3 Å². The molecule has 0 unspecified atom stereocenters. The molecule has 1 rings (SSSR count). The zero-order valence-electron chi connectivity index (χ0n) is 10.2. The van der Waals surface area contributed by atoms with Gasteiger partial charge in [-0.25, -0.2) is 4.39 Å². The summed E-state index contributed by atoms with van der Waals surface area (Å²) in [6.07, 6.45) is 0. The van der Waals surface area contributed by atoms with Gasteiger partial charge in [0.2, 0.25) is 5.91 Å². The van der Waals surface area contributed by atoms with Gasteiger partial charge in [0.05, 0.1) is 6.07 Å². The van der Waals surface area contributed by atoms with E-state index in [4.69, 9.17) is 5.26 Å². The first-order valence-electron chi connectivity index (χ1n) is 5.28. The molecule has 0 saturated carbocycles. The number of carbonyl (C=O) groups is 1. The summed E-state index contributed by atoms with van der Waals surface area (Å²) in [6.45, 7) is 3.43. The minimum atomic E-state index is -1.05. The first kappa shape index (κ1) is 13.2. The molecular weight excluding hydrogens is 219 g/mol. The van der Waals surface area contributed by atoms with E-state index in [-0.39, 0.29) is 11.7 Å². The number of rotatable bonds is 3. The number of hydrogen-bond acceptors (Lipinski definition) is 2. The Balaban J connectivity index is 2.77. The SMILES string of the molecule is CN(Cc1cccc(F)c1)C(=O)C(C)(C)C#N. The molecular formula is C13H15FN2O. The lowest BCUT2D eigenvalue weighted by atomic mass is 9.94. The Morgan fingerprint density at radius 3 is 2.71 bits per heavy atom. The first-order valence-corrected chi connectivity index (χ1v) is 5.28. The van der Waals surface area contributed by atoms with E-state index in [9.17, 15) is 9.18 Å². The molecule has 4 heteroatoms. The number of benzene rings is 1. The third-order valence-electron chi connectivity index (χ3n) is 2.47. The molecule has 0 N–H and O–H groups in total. The molecule has 1 aromatic carbocycles. The minimum absolute atomic E-state index is 0.274. The molecule has 1 amide bonds. The van der Waals surface area contributed by atoms with Crippen molar-refractivity contribution in [1.29, 1.82) is 5.26 Å². The van der Waals surface area contributed by atoms with Crippen molar-refractivity contribution in [2.75, 3.05) is 7.05 Å². The van der Waals surface area contributed by atoms with Gasteiger partial charge in [-0.3, -0.25) is 4.79 Å². The highest BCUT2D eigenvalue weighted by Gasteiger charge is 2.30. The number of nitriles is 1. The lowest BCUT2D eigenvalue weighted by Gasteiger charge is -2.24. The molecule has 0 aromatic heterocycles. The molecule has 17 heavy (non-hydrogen) atoms. The monoisotopic (exact) mass is 234 g/mol. The quantitative estimate of drug-likeness (QED) is 0.805. The maximum Gasteiger partial charge on any atom is 0.242 e. The smallest absolute Gasteiger partial charge is 0.242 e. The van der Waals surface area contributed by atoms with E-state index in [1.807, 2.05) is 6.07 Å². The number of carbonyl (C=O) groups excluding carboxylic acids is 1. The fourth-order valence-corrected chi connectivity index (χ4v) is 1.51. The number of halogens is 1. The summed E-state index contributed by atoms with van der Waals surface area (Å²) in [5.41, 5.74) is -0.350. The zero-order chi connectivity index (χ0) is 13.1. The Hall–Kier alpha value is -1.89. The molecule has 3 nitrogen and oxygen atoms in total. The Labute approximate surface area is 100 Å². The summed E-state index contributed by atoms with van der Waals surface area (Å²) in [4.78, 5) is 13.3. The highest BCUT2D eigenvalue weighted by molar-refractivity contribution is 5.84. The molecule has 0 radical (unpaired) electrons. The fraction of sp³-hybridized carbons (Fsp3) is 0.385. The van der Waals surface area contributed by atoms with Crippen molar-refractivity contribution in [3.63, 3.8) is 0 Å². The van der Waals surface area contributed by atoms with Crippen LogP contribution in [0, 0.1) is 22.6 Å². The van der Waals surface area contributed by atoms with Crippen molar-refractivity contribution in [2.24, 2.45) is 5.41 Å². The van der Waals surface area contributed by atoms with Crippen LogP contribution in [0.5, 0.6) is 0 Å². The Morgan fingerprint density at radius 1 is 1.53 bits per heavy atom. The zero-order valence-corrected chi connectivity index (χ0v) is 10.2. The summed E-state index contributed by atoms with van der Waals surface area (Å²) >= 11 is 0. The van der Waals surface area contributed by atoms with Gasteiger partial charge in [0.25, 0.3) is 0 Å². The van der Waals surface area contributed by atoms with Crippen molar-refractivity contribution in [1.82, 2.24) is 4.90 Å². The van der Waals surface area contributed by atoms with Crippen LogP contribution in [0.1, 0.15) is 19.4 Å². The maximum absolute atomic E-state index is 13.0. The third kappa shape index (κ3) is 3.28. The van der Waals surface area contributed by atoms with E-state index in [1.54, 1.807) is 33.0 Å². The van der Waals surface area contributed by atoms with Crippen LogP contribution in [0.4, 0.5) is 4.39 Å². The van der Waals surface area contributed by atoms with Crippen LogP contribution in [0.2, 0.25) is 0 Å². The van der Waals surface area contributed by atoms with E-state index < -0.39 is 5.41 Å². The number of nitrogens with zero attached hydrogens (tertiary/aromatic N) is 2. The minimum Gasteiger partial charge on any atom is -0.340 e. The molecule has 90 valence electrons. The molecule has 0 heterocycles. The second-order valence-corrected chi connectivity index (χ2v) is 4.53. The highest BCUT2D eigenvalue weighted by Crippen LogP contribution is 2.18. The predicted octanol–water partition coefficient (Wildman–Crippen LogP) is 2.33. The summed E-state index contributed by atoms with van der Waals surface area (Å²) in [6, 6.07) is 8.02. The van der Waals surface area contributed by atoms with Gasteiger partial charge < -0.3 is 4.90 Å². The van der Waals surface area contributed by atoms with E-state index in [0.29, 0.717) is 12.1 Å². The van der Waals surface area contributed by atoms with Crippen LogP contribution >= 0.6 is 0 Å². The van der Waals surface area contributed by atoms with Gasteiger partial charge >= 0.3 is 0 Å². The molecule has 0 aliphatic rings. The molecule has 0 atom stereocenters. The maximum atomic E-state index is 13.0. The van der Waals surface area contributed by atoms with Gasteiger partial charge in [-0.2, -0.15) is 5.26 Å². The van der Waals surface area contributed by atoms with Gasteiger partial charge in [-0.15, -0.1) is 0 Å². The number of amides is 1. The topological polar surface area (TPSA) is 44.1 Å². The largest absolute Gasteiger partial charge is 0.340 e. The van der Waals surface area contributed by atoms with Crippen LogP contribution in [0.25, 0.3) is 0 Å². The molecule has 0 spiro atoms. The predicted molar refractivity (Wildman–Crippen MR) is 62.3 cm³/mol. The van der Waals surface area contributed by atoms with Crippen LogP contribution in [0.3, 0.4) is 0 Å². The van der Waals surface area contributed by atoms with Gasteiger partial charge in [0, 0.05) is 13.6 Å².